The lowest BCUT2D eigenvalue weighted by Gasteiger charge is -2.08. The predicted molar refractivity (Wildman–Crippen MR) is 89.6 cm³/mol. The van der Waals surface area contributed by atoms with Crippen LogP contribution in [0.2, 0.25) is 0 Å². The highest BCUT2D eigenvalue weighted by Gasteiger charge is 2.16. The number of nitrogens with one attached hydrogen (secondary N) is 1. The van der Waals surface area contributed by atoms with Crippen molar-refractivity contribution < 1.29 is 24.0 Å². The summed E-state index contributed by atoms with van der Waals surface area (Å²) in [5, 5.41) is 13.2. The zero-order chi connectivity index (χ0) is 18.2. The predicted octanol–water partition coefficient (Wildman–Crippen LogP) is 2.79. The fourth-order valence-electron chi connectivity index (χ4n) is 1.99. The van der Waals surface area contributed by atoms with E-state index in [-0.39, 0.29) is 16.9 Å². The van der Waals surface area contributed by atoms with Crippen LogP contribution < -0.4 is 10.1 Å². The van der Waals surface area contributed by atoms with Crippen LogP contribution in [0, 0.1) is 10.1 Å². The van der Waals surface area contributed by atoms with E-state index in [2.05, 4.69) is 5.32 Å². The third kappa shape index (κ3) is 5.03. The Morgan fingerprint density at radius 1 is 1.12 bits per heavy atom. The van der Waals surface area contributed by atoms with E-state index in [1.54, 1.807) is 18.2 Å². The lowest BCUT2D eigenvalue weighted by atomic mass is 10.2. The number of hydrogen-bond acceptors (Lipinski definition) is 6. The van der Waals surface area contributed by atoms with Crippen LogP contribution in [-0.2, 0) is 9.53 Å². The molecular weight excluding hydrogens is 328 g/mol. The van der Waals surface area contributed by atoms with Crippen LogP contribution in [0.1, 0.15) is 17.3 Å². The van der Waals surface area contributed by atoms with Gasteiger partial charge in [-0.3, -0.25) is 14.9 Å². The molecule has 25 heavy (non-hydrogen) atoms. The molecule has 0 aliphatic carbocycles. The Kier molecular flexibility index (Phi) is 6.05. The first-order valence-corrected chi connectivity index (χ1v) is 7.44. The standard InChI is InChI=1S/C17H16N2O6/c1-2-24-13-9-7-12(8-10-13)17(21)25-11-16(20)18-14-5-3-4-6-15(14)19(22)23/h3-10H,2,11H2,1H3,(H,18,20). The molecule has 0 aliphatic rings. The lowest BCUT2D eigenvalue weighted by molar-refractivity contribution is -0.383. The van der Waals surface area contributed by atoms with E-state index in [0.29, 0.717) is 12.4 Å². The number of ether oxygens (including phenoxy) is 2. The zero-order valence-corrected chi connectivity index (χ0v) is 13.4. The molecule has 2 rings (SSSR count). The fraction of sp³-hybridized carbons (Fsp3) is 0.176. The summed E-state index contributed by atoms with van der Waals surface area (Å²) in [6.45, 7) is 1.80. The Balaban J connectivity index is 1.91. The van der Waals surface area contributed by atoms with E-state index in [1.807, 2.05) is 6.92 Å². The highest BCUT2D eigenvalue weighted by Crippen LogP contribution is 2.23. The van der Waals surface area contributed by atoms with E-state index < -0.39 is 23.4 Å². The number of esters is 1. The summed E-state index contributed by atoms with van der Waals surface area (Å²) in [7, 11) is 0. The molecule has 0 saturated carbocycles. The van der Waals surface area contributed by atoms with Crippen molar-refractivity contribution in [1.29, 1.82) is 0 Å². The van der Waals surface area contributed by atoms with Crippen molar-refractivity contribution in [3.05, 3.63) is 64.2 Å². The zero-order valence-electron chi connectivity index (χ0n) is 13.4. The van der Waals surface area contributed by atoms with Crippen LogP contribution in [0.5, 0.6) is 5.75 Å². The van der Waals surface area contributed by atoms with E-state index in [1.165, 1.54) is 30.3 Å². The third-order valence-corrected chi connectivity index (χ3v) is 3.11. The van der Waals surface area contributed by atoms with Crippen molar-refractivity contribution in [2.24, 2.45) is 0 Å². The molecule has 1 amide bonds. The number of carbonyl (C=O) groups excluding carboxylic acids is 2. The minimum atomic E-state index is -0.680. The minimum Gasteiger partial charge on any atom is -0.494 e. The maximum Gasteiger partial charge on any atom is 0.338 e. The van der Waals surface area contributed by atoms with Crippen LogP contribution in [0.4, 0.5) is 11.4 Å². The number of hydrogen-bond donors (Lipinski definition) is 1. The number of amides is 1. The SMILES string of the molecule is CCOc1ccc(C(=O)OCC(=O)Nc2ccccc2[N+](=O)[O-])cc1. The number of nitro groups is 1. The molecule has 0 spiro atoms. The maximum absolute atomic E-state index is 11.9. The molecule has 0 atom stereocenters. The molecule has 0 aliphatic heterocycles. The van der Waals surface area contributed by atoms with Gasteiger partial charge in [-0.1, -0.05) is 12.1 Å². The van der Waals surface area contributed by atoms with Gasteiger partial charge in [0.2, 0.25) is 0 Å². The average Bonchev–Trinajstić information content (AvgIpc) is 2.61. The molecule has 8 nitrogen and oxygen atoms in total. The molecule has 0 heterocycles. The normalized spacial score (nSPS) is 9.96. The Bertz CT molecular complexity index is 773. The summed E-state index contributed by atoms with van der Waals surface area (Å²) in [6, 6.07) is 12.0. The average molecular weight is 344 g/mol. The summed E-state index contributed by atoms with van der Waals surface area (Å²) >= 11 is 0. The summed E-state index contributed by atoms with van der Waals surface area (Å²) in [5.41, 5.74) is 0.0604. The molecule has 1 N–H and O–H groups in total. The second-order valence-corrected chi connectivity index (χ2v) is 4.86. The first kappa shape index (κ1) is 17.9. The molecule has 0 unspecified atom stereocenters. The van der Waals surface area contributed by atoms with Crippen molar-refractivity contribution in [3.63, 3.8) is 0 Å². The third-order valence-electron chi connectivity index (χ3n) is 3.11. The van der Waals surface area contributed by atoms with Gasteiger partial charge in [-0.05, 0) is 37.3 Å². The monoisotopic (exact) mass is 344 g/mol. The van der Waals surface area contributed by atoms with Gasteiger partial charge >= 0.3 is 5.97 Å². The van der Waals surface area contributed by atoms with Crippen LogP contribution in [0.15, 0.2) is 48.5 Å². The number of carbonyl (C=O) groups is 2. The Morgan fingerprint density at radius 3 is 2.44 bits per heavy atom. The van der Waals surface area contributed by atoms with Crippen LogP contribution in [0.25, 0.3) is 0 Å². The topological polar surface area (TPSA) is 108 Å². The Morgan fingerprint density at radius 2 is 1.80 bits per heavy atom. The Hall–Kier alpha value is -3.42. The van der Waals surface area contributed by atoms with Gasteiger partial charge in [0.25, 0.3) is 11.6 Å². The van der Waals surface area contributed by atoms with Crippen molar-refractivity contribution in [3.8, 4) is 5.75 Å². The fourth-order valence-corrected chi connectivity index (χ4v) is 1.99. The lowest BCUT2D eigenvalue weighted by Crippen LogP contribution is -2.21. The summed E-state index contributed by atoms with van der Waals surface area (Å²) in [6.07, 6.45) is 0. The number of nitro benzene ring substituents is 1. The maximum atomic E-state index is 11.9. The molecule has 2 aromatic carbocycles. The van der Waals surface area contributed by atoms with Crippen LogP contribution >= 0.6 is 0 Å². The van der Waals surface area contributed by atoms with Crippen molar-refractivity contribution in [1.82, 2.24) is 0 Å². The number of para-hydroxylation sites is 2. The molecule has 0 saturated heterocycles. The molecule has 0 fully saturated rings. The van der Waals surface area contributed by atoms with Crippen LogP contribution in [0.3, 0.4) is 0 Å². The number of anilines is 1. The van der Waals surface area contributed by atoms with Crippen molar-refractivity contribution in [2.45, 2.75) is 6.92 Å². The Labute approximate surface area is 143 Å². The van der Waals surface area contributed by atoms with Gasteiger partial charge in [0.15, 0.2) is 6.61 Å². The number of rotatable bonds is 7. The van der Waals surface area contributed by atoms with E-state index in [0.717, 1.165) is 0 Å². The van der Waals surface area contributed by atoms with Gasteiger partial charge in [-0.15, -0.1) is 0 Å². The second kappa shape index (κ2) is 8.44. The molecule has 0 bridgehead atoms. The first-order chi connectivity index (χ1) is 12.0. The van der Waals surface area contributed by atoms with Gasteiger partial charge in [-0.25, -0.2) is 4.79 Å². The first-order valence-electron chi connectivity index (χ1n) is 7.44. The van der Waals surface area contributed by atoms with Gasteiger partial charge in [0.05, 0.1) is 17.1 Å². The van der Waals surface area contributed by atoms with Crippen molar-refractivity contribution >= 4 is 23.3 Å². The van der Waals surface area contributed by atoms with E-state index >= 15 is 0 Å². The molecular formula is C17H16N2O6. The quantitative estimate of drug-likeness (QED) is 0.470. The molecule has 130 valence electrons. The van der Waals surface area contributed by atoms with E-state index in [4.69, 9.17) is 9.47 Å². The highest BCUT2D eigenvalue weighted by atomic mass is 16.6. The number of benzene rings is 2. The minimum absolute atomic E-state index is 0.0367. The smallest absolute Gasteiger partial charge is 0.338 e. The summed E-state index contributed by atoms with van der Waals surface area (Å²) in [4.78, 5) is 34.0. The van der Waals surface area contributed by atoms with Gasteiger partial charge in [0.1, 0.15) is 11.4 Å². The molecule has 2 aromatic rings. The van der Waals surface area contributed by atoms with Gasteiger partial charge in [-0.2, -0.15) is 0 Å². The molecule has 8 heteroatoms. The van der Waals surface area contributed by atoms with E-state index in [9.17, 15) is 19.7 Å². The summed E-state index contributed by atoms with van der Waals surface area (Å²) in [5.74, 6) is -0.734. The van der Waals surface area contributed by atoms with Crippen LogP contribution in [-0.4, -0.2) is 30.0 Å². The highest BCUT2D eigenvalue weighted by molar-refractivity contribution is 5.96. The largest absolute Gasteiger partial charge is 0.494 e. The van der Waals surface area contributed by atoms with Gasteiger partial charge in [0, 0.05) is 6.07 Å². The number of nitrogens with zero attached hydrogens (tertiary/aromatic N) is 1. The second-order valence-electron chi connectivity index (χ2n) is 4.86. The van der Waals surface area contributed by atoms with Crippen molar-refractivity contribution in [2.75, 3.05) is 18.5 Å². The van der Waals surface area contributed by atoms with Gasteiger partial charge < -0.3 is 14.8 Å². The summed E-state index contributed by atoms with van der Waals surface area (Å²) < 4.78 is 10.2. The molecule has 0 radical (unpaired) electrons. The molecule has 0 aromatic heterocycles.